The minimum atomic E-state index is 0.124. The second-order valence-electron chi connectivity index (χ2n) is 4.81. The molecule has 4 nitrogen and oxygen atoms in total. The highest BCUT2D eigenvalue weighted by Crippen LogP contribution is 2.14. The van der Waals surface area contributed by atoms with Crippen molar-refractivity contribution in [2.75, 3.05) is 20.1 Å². The third kappa shape index (κ3) is 2.82. The highest BCUT2D eigenvalue weighted by molar-refractivity contribution is 5.74. The SMILES string of the molecule is CN(Cc1ccccc1CN)C(=O)N1CCCC1. The summed E-state index contributed by atoms with van der Waals surface area (Å²) in [6.45, 7) is 2.92. The number of likely N-dealkylation sites (tertiary alicyclic amines) is 1. The van der Waals surface area contributed by atoms with E-state index >= 15 is 0 Å². The molecule has 2 amide bonds. The van der Waals surface area contributed by atoms with Gasteiger partial charge < -0.3 is 15.5 Å². The molecule has 0 aliphatic carbocycles. The molecule has 0 spiro atoms. The minimum absolute atomic E-state index is 0.124. The number of benzene rings is 1. The van der Waals surface area contributed by atoms with Gasteiger partial charge in [-0.15, -0.1) is 0 Å². The number of hydrogen-bond acceptors (Lipinski definition) is 2. The van der Waals surface area contributed by atoms with Crippen molar-refractivity contribution in [3.63, 3.8) is 0 Å². The van der Waals surface area contributed by atoms with Crippen LogP contribution in [-0.4, -0.2) is 36.0 Å². The van der Waals surface area contributed by atoms with Crippen molar-refractivity contribution in [1.82, 2.24) is 9.80 Å². The van der Waals surface area contributed by atoms with Gasteiger partial charge in [-0.1, -0.05) is 24.3 Å². The van der Waals surface area contributed by atoms with Crippen LogP contribution in [0.5, 0.6) is 0 Å². The molecule has 98 valence electrons. The molecule has 1 heterocycles. The van der Waals surface area contributed by atoms with Crippen molar-refractivity contribution >= 4 is 6.03 Å². The molecule has 0 aromatic heterocycles. The first-order valence-corrected chi connectivity index (χ1v) is 6.49. The number of nitrogens with zero attached hydrogens (tertiary/aromatic N) is 2. The summed E-state index contributed by atoms with van der Waals surface area (Å²) in [4.78, 5) is 15.9. The van der Waals surface area contributed by atoms with Crippen LogP contribution >= 0.6 is 0 Å². The molecule has 18 heavy (non-hydrogen) atoms. The molecule has 1 fully saturated rings. The molecule has 1 aliphatic heterocycles. The average Bonchev–Trinajstić information content (AvgIpc) is 2.92. The van der Waals surface area contributed by atoms with Crippen molar-refractivity contribution in [3.8, 4) is 0 Å². The van der Waals surface area contributed by atoms with Crippen LogP contribution in [0, 0.1) is 0 Å². The Morgan fingerprint density at radius 2 is 1.89 bits per heavy atom. The Morgan fingerprint density at radius 3 is 2.50 bits per heavy atom. The summed E-state index contributed by atoms with van der Waals surface area (Å²) in [6, 6.07) is 8.15. The quantitative estimate of drug-likeness (QED) is 0.885. The molecule has 0 saturated carbocycles. The fourth-order valence-electron chi connectivity index (χ4n) is 2.38. The Hall–Kier alpha value is -1.55. The topological polar surface area (TPSA) is 49.6 Å². The molecule has 1 saturated heterocycles. The second-order valence-corrected chi connectivity index (χ2v) is 4.81. The number of rotatable bonds is 3. The Morgan fingerprint density at radius 1 is 1.28 bits per heavy atom. The van der Waals surface area contributed by atoms with Gasteiger partial charge in [0.25, 0.3) is 0 Å². The summed E-state index contributed by atoms with van der Waals surface area (Å²) in [5.74, 6) is 0. The van der Waals surface area contributed by atoms with Crippen molar-refractivity contribution in [3.05, 3.63) is 35.4 Å². The van der Waals surface area contributed by atoms with E-state index in [0.29, 0.717) is 13.1 Å². The molecule has 0 unspecified atom stereocenters. The fraction of sp³-hybridized carbons (Fsp3) is 0.500. The van der Waals surface area contributed by atoms with Crippen molar-refractivity contribution in [2.45, 2.75) is 25.9 Å². The monoisotopic (exact) mass is 247 g/mol. The molecule has 4 heteroatoms. The standard InChI is InChI=1S/C14H21N3O/c1-16(14(18)17-8-4-5-9-17)11-13-7-3-2-6-12(13)10-15/h2-3,6-7H,4-5,8-11,15H2,1H3. The molecule has 1 aliphatic rings. The van der Waals surface area contributed by atoms with E-state index in [1.807, 2.05) is 36.2 Å². The van der Waals surface area contributed by atoms with Crippen molar-refractivity contribution < 1.29 is 4.79 Å². The highest BCUT2D eigenvalue weighted by Gasteiger charge is 2.21. The lowest BCUT2D eigenvalue weighted by Gasteiger charge is -2.25. The van der Waals surface area contributed by atoms with Crippen LogP contribution in [0.1, 0.15) is 24.0 Å². The predicted octanol–water partition coefficient (Wildman–Crippen LogP) is 1.79. The zero-order chi connectivity index (χ0) is 13.0. The van der Waals surface area contributed by atoms with Crippen LogP contribution in [0.25, 0.3) is 0 Å². The molecular formula is C14H21N3O. The Labute approximate surface area is 108 Å². The molecule has 2 N–H and O–H groups in total. The molecule has 1 aromatic rings. The van der Waals surface area contributed by atoms with Crippen molar-refractivity contribution in [2.24, 2.45) is 5.73 Å². The average molecular weight is 247 g/mol. The third-order valence-electron chi connectivity index (χ3n) is 3.45. The van der Waals surface area contributed by atoms with Gasteiger partial charge in [0.1, 0.15) is 0 Å². The number of amides is 2. The predicted molar refractivity (Wildman–Crippen MR) is 72.0 cm³/mol. The largest absolute Gasteiger partial charge is 0.326 e. The fourth-order valence-corrected chi connectivity index (χ4v) is 2.38. The molecule has 1 aromatic carbocycles. The number of nitrogens with two attached hydrogens (primary N) is 1. The maximum absolute atomic E-state index is 12.2. The molecule has 2 rings (SSSR count). The highest BCUT2D eigenvalue weighted by atomic mass is 16.2. The van der Waals surface area contributed by atoms with Gasteiger partial charge in [0.15, 0.2) is 0 Å². The van der Waals surface area contributed by atoms with E-state index in [2.05, 4.69) is 0 Å². The molecule has 0 atom stereocenters. The Bertz CT molecular complexity index is 413. The van der Waals surface area contributed by atoms with Crippen LogP contribution in [-0.2, 0) is 13.1 Å². The van der Waals surface area contributed by atoms with Gasteiger partial charge in [0.2, 0.25) is 0 Å². The molecular weight excluding hydrogens is 226 g/mol. The summed E-state index contributed by atoms with van der Waals surface area (Å²) in [5, 5.41) is 0. The van der Waals surface area contributed by atoms with Crippen LogP contribution in [0.3, 0.4) is 0 Å². The van der Waals surface area contributed by atoms with E-state index in [1.54, 1.807) is 4.90 Å². The maximum Gasteiger partial charge on any atom is 0.320 e. The second kappa shape index (κ2) is 5.87. The molecule has 0 bridgehead atoms. The first-order chi connectivity index (χ1) is 8.72. The maximum atomic E-state index is 12.2. The zero-order valence-electron chi connectivity index (χ0n) is 10.9. The Kier molecular flexibility index (Phi) is 4.20. The summed E-state index contributed by atoms with van der Waals surface area (Å²) in [5.41, 5.74) is 7.95. The van der Waals surface area contributed by atoms with E-state index < -0.39 is 0 Å². The summed E-state index contributed by atoms with van der Waals surface area (Å²) >= 11 is 0. The third-order valence-corrected chi connectivity index (χ3v) is 3.45. The van der Waals surface area contributed by atoms with Crippen molar-refractivity contribution in [1.29, 1.82) is 0 Å². The number of carbonyl (C=O) groups is 1. The van der Waals surface area contributed by atoms with E-state index in [4.69, 9.17) is 5.73 Å². The first-order valence-electron chi connectivity index (χ1n) is 6.49. The van der Waals surface area contributed by atoms with Gasteiger partial charge in [0, 0.05) is 33.2 Å². The normalized spacial score (nSPS) is 14.9. The van der Waals surface area contributed by atoms with Crippen LogP contribution in [0.2, 0.25) is 0 Å². The first kappa shape index (κ1) is 12.9. The summed E-state index contributed by atoms with van der Waals surface area (Å²) in [6.07, 6.45) is 2.25. The zero-order valence-corrected chi connectivity index (χ0v) is 10.9. The van der Waals surface area contributed by atoms with Crippen LogP contribution < -0.4 is 5.73 Å². The van der Waals surface area contributed by atoms with E-state index in [0.717, 1.165) is 37.1 Å². The number of urea groups is 1. The lowest BCUT2D eigenvalue weighted by Crippen LogP contribution is -2.39. The lowest BCUT2D eigenvalue weighted by molar-refractivity contribution is 0.171. The van der Waals surface area contributed by atoms with Gasteiger partial charge in [-0.3, -0.25) is 0 Å². The number of carbonyl (C=O) groups excluding carboxylic acids is 1. The van der Waals surface area contributed by atoms with Crippen LogP contribution in [0.15, 0.2) is 24.3 Å². The van der Waals surface area contributed by atoms with Gasteiger partial charge in [-0.05, 0) is 24.0 Å². The van der Waals surface area contributed by atoms with Gasteiger partial charge in [-0.25, -0.2) is 4.79 Å². The summed E-state index contributed by atoms with van der Waals surface area (Å²) < 4.78 is 0. The Balaban J connectivity index is 2.01. The van der Waals surface area contributed by atoms with E-state index in [1.165, 1.54) is 0 Å². The smallest absolute Gasteiger partial charge is 0.320 e. The summed E-state index contributed by atoms with van der Waals surface area (Å²) in [7, 11) is 1.86. The number of hydrogen-bond donors (Lipinski definition) is 1. The molecule has 0 radical (unpaired) electrons. The van der Waals surface area contributed by atoms with E-state index in [9.17, 15) is 4.79 Å². The van der Waals surface area contributed by atoms with Crippen LogP contribution in [0.4, 0.5) is 4.79 Å². The van der Waals surface area contributed by atoms with E-state index in [-0.39, 0.29) is 6.03 Å². The minimum Gasteiger partial charge on any atom is -0.326 e. The van der Waals surface area contributed by atoms with Gasteiger partial charge >= 0.3 is 6.03 Å². The lowest BCUT2D eigenvalue weighted by atomic mass is 10.1. The van der Waals surface area contributed by atoms with Gasteiger partial charge in [0.05, 0.1) is 0 Å². The van der Waals surface area contributed by atoms with Gasteiger partial charge in [-0.2, -0.15) is 0 Å².